The zero-order valence-electron chi connectivity index (χ0n) is 14.7. The van der Waals surface area contributed by atoms with Crippen LogP contribution in [-0.2, 0) is 14.6 Å². The number of nitrogens with zero attached hydrogens (tertiary/aromatic N) is 2. The number of anilines is 2. The first-order valence-corrected chi connectivity index (χ1v) is 12.0. The number of carbonyl (C=O) groups is 1. The molecule has 0 radical (unpaired) electrons. The van der Waals surface area contributed by atoms with Crippen molar-refractivity contribution >= 4 is 49.7 Å². The minimum absolute atomic E-state index is 0.0233. The van der Waals surface area contributed by atoms with Crippen molar-refractivity contribution in [3.63, 3.8) is 0 Å². The van der Waals surface area contributed by atoms with Crippen LogP contribution in [0, 0.1) is 0 Å². The van der Waals surface area contributed by atoms with Crippen molar-refractivity contribution in [2.24, 2.45) is 0 Å². The maximum Gasteiger partial charge on any atom is 0.230 e. The normalized spacial score (nSPS) is 18.2. The molecule has 2 aromatic rings. The molecule has 0 bridgehead atoms. The van der Waals surface area contributed by atoms with Gasteiger partial charge in [-0.3, -0.25) is 4.79 Å². The van der Waals surface area contributed by atoms with E-state index in [-0.39, 0.29) is 29.2 Å². The van der Waals surface area contributed by atoms with Crippen LogP contribution >= 0.6 is 23.1 Å². The number of thioether (sulfide) groups is 1. The molecule has 1 aromatic heterocycles. The van der Waals surface area contributed by atoms with E-state index in [9.17, 15) is 13.2 Å². The summed E-state index contributed by atoms with van der Waals surface area (Å²) >= 11 is 2.61. The van der Waals surface area contributed by atoms with Gasteiger partial charge in [0.05, 0.1) is 29.6 Å². The van der Waals surface area contributed by atoms with Crippen LogP contribution in [0.1, 0.15) is 13.3 Å². The Morgan fingerprint density at radius 3 is 2.93 bits per heavy atom. The van der Waals surface area contributed by atoms with E-state index in [1.807, 2.05) is 31.2 Å². The highest BCUT2D eigenvalue weighted by atomic mass is 32.2. The predicted octanol–water partition coefficient (Wildman–Crippen LogP) is 2.08. The summed E-state index contributed by atoms with van der Waals surface area (Å²) in [6.45, 7) is 2.48. The largest absolute Gasteiger partial charge is 0.492 e. The third-order valence-corrected chi connectivity index (χ3v) is 7.50. The van der Waals surface area contributed by atoms with Crippen LogP contribution in [0.3, 0.4) is 0 Å². The molecule has 0 spiro atoms. The van der Waals surface area contributed by atoms with E-state index >= 15 is 0 Å². The lowest BCUT2D eigenvalue weighted by Gasteiger charge is -2.09. The van der Waals surface area contributed by atoms with Crippen molar-refractivity contribution < 1.29 is 17.9 Å². The first kappa shape index (κ1) is 19.9. The van der Waals surface area contributed by atoms with Crippen molar-refractivity contribution in [1.29, 1.82) is 0 Å². The van der Waals surface area contributed by atoms with Crippen molar-refractivity contribution in [1.82, 2.24) is 15.5 Å². The van der Waals surface area contributed by atoms with Gasteiger partial charge in [-0.25, -0.2) is 8.42 Å². The number of hydrogen-bond acceptors (Lipinski definition) is 9. The number of ether oxygens (including phenoxy) is 1. The Morgan fingerprint density at radius 2 is 2.19 bits per heavy atom. The van der Waals surface area contributed by atoms with Crippen molar-refractivity contribution in [3.05, 3.63) is 24.3 Å². The standard InChI is InChI=1S/C16H20N4O4S3/c1-2-24-13-6-4-3-5-12(13)18-15-19-20-16(26-15)25-9-14(21)17-11-7-8-27(22,23)10-11/h3-6,11H,2,7-10H2,1H3,(H,17,21)(H,18,19). The number of carbonyl (C=O) groups excluding carboxylic acids is 1. The quantitative estimate of drug-likeness (QED) is 0.615. The van der Waals surface area contributed by atoms with Gasteiger partial charge in [0, 0.05) is 6.04 Å². The van der Waals surface area contributed by atoms with E-state index in [2.05, 4.69) is 20.8 Å². The fraction of sp³-hybridized carbons (Fsp3) is 0.438. The smallest absolute Gasteiger partial charge is 0.230 e. The highest BCUT2D eigenvalue weighted by molar-refractivity contribution is 8.01. The summed E-state index contributed by atoms with van der Waals surface area (Å²) < 4.78 is 29.1. The summed E-state index contributed by atoms with van der Waals surface area (Å²) in [6.07, 6.45) is 0.477. The molecule has 1 aliphatic heterocycles. The monoisotopic (exact) mass is 428 g/mol. The van der Waals surface area contributed by atoms with Gasteiger partial charge in [0.2, 0.25) is 11.0 Å². The first-order chi connectivity index (χ1) is 12.9. The molecule has 1 fully saturated rings. The van der Waals surface area contributed by atoms with Crippen molar-refractivity contribution in [2.75, 3.05) is 29.2 Å². The number of benzene rings is 1. The topological polar surface area (TPSA) is 110 Å². The van der Waals surface area contributed by atoms with E-state index in [1.54, 1.807) is 0 Å². The summed E-state index contributed by atoms with van der Waals surface area (Å²) in [4.78, 5) is 12.0. The highest BCUT2D eigenvalue weighted by Crippen LogP contribution is 2.31. The maximum atomic E-state index is 12.0. The summed E-state index contributed by atoms with van der Waals surface area (Å²) in [7, 11) is -3.00. The lowest BCUT2D eigenvalue weighted by molar-refractivity contribution is -0.119. The lowest BCUT2D eigenvalue weighted by atomic mass is 10.3. The van der Waals surface area contributed by atoms with Gasteiger partial charge in [-0.1, -0.05) is 35.2 Å². The average Bonchev–Trinajstić information content (AvgIpc) is 3.21. The molecular formula is C16H20N4O4S3. The molecule has 0 aliphatic carbocycles. The zero-order valence-corrected chi connectivity index (χ0v) is 17.1. The molecule has 3 rings (SSSR count). The van der Waals surface area contributed by atoms with Gasteiger partial charge in [-0.05, 0) is 25.5 Å². The molecule has 1 aromatic carbocycles. The van der Waals surface area contributed by atoms with Crippen LogP contribution in [0.15, 0.2) is 28.6 Å². The number of rotatable bonds is 8. The molecule has 11 heteroatoms. The van der Waals surface area contributed by atoms with Crippen molar-refractivity contribution in [2.45, 2.75) is 23.7 Å². The number of hydrogen-bond donors (Lipinski definition) is 2. The van der Waals surface area contributed by atoms with Crippen molar-refractivity contribution in [3.8, 4) is 5.75 Å². The number of nitrogens with one attached hydrogen (secondary N) is 2. The second-order valence-electron chi connectivity index (χ2n) is 5.88. The first-order valence-electron chi connectivity index (χ1n) is 8.40. The maximum absolute atomic E-state index is 12.0. The van der Waals surface area contributed by atoms with E-state index in [0.717, 1.165) is 11.4 Å². The summed E-state index contributed by atoms with van der Waals surface area (Å²) in [5.74, 6) is 0.861. The van der Waals surface area contributed by atoms with E-state index in [1.165, 1.54) is 23.1 Å². The molecule has 2 heterocycles. The van der Waals surface area contributed by atoms with Gasteiger partial charge in [0.15, 0.2) is 14.2 Å². The fourth-order valence-electron chi connectivity index (χ4n) is 2.59. The summed E-state index contributed by atoms with van der Waals surface area (Å²) in [6, 6.07) is 7.27. The Morgan fingerprint density at radius 1 is 1.37 bits per heavy atom. The fourth-order valence-corrected chi connectivity index (χ4v) is 5.84. The molecule has 8 nitrogen and oxygen atoms in total. The SMILES string of the molecule is CCOc1ccccc1Nc1nnc(SCC(=O)NC2CCS(=O)(=O)C2)s1. The average molecular weight is 429 g/mol. The third kappa shape index (κ3) is 5.81. The van der Waals surface area contributed by atoms with Crippen LogP contribution in [-0.4, -0.2) is 54.4 Å². The minimum atomic E-state index is -3.00. The highest BCUT2D eigenvalue weighted by Gasteiger charge is 2.28. The molecule has 1 aliphatic rings. The van der Waals surface area contributed by atoms with E-state index in [0.29, 0.717) is 22.5 Å². The van der Waals surface area contributed by atoms with Gasteiger partial charge in [-0.15, -0.1) is 10.2 Å². The molecule has 2 N–H and O–H groups in total. The Labute approximate surface area is 166 Å². The predicted molar refractivity (Wildman–Crippen MR) is 107 cm³/mol. The molecule has 1 atom stereocenters. The lowest BCUT2D eigenvalue weighted by Crippen LogP contribution is -2.36. The molecule has 1 saturated heterocycles. The molecule has 27 heavy (non-hydrogen) atoms. The molecule has 1 amide bonds. The van der Waals surface area contributed by atoms with E-state index in [4.69, 9.17) is 4.74 Å². The molecular weight excluding hydrogens is 408 g/mol. The van der Waals surface area contributed by atoms with E-state index < -0.39 is 9.84 Å². The van der Waals surface area contributed by atoms with Crippen LogP contribution in [0.25, 0.3) is 0 Å². The van der Waals surface area contributed by atoms with Crippen LogP contribution in [0.2, 0.25) is 0 Å². The minimum Gasteiger partial charge on any atom is -0.492 e. The molecule has 1 unspecified atom stereocenters. The Hall–Kier alpha value is -1.85. The Bertz CT molecular complexity index is 901. The number of para-hydroxylation sites is 2. The number of sulfone groups is 1. The molecule has 146 valence electrons. The summed E-state index contributed by atoms with van der Waals surface area (Å²) in [5, 5.41) is 14.7. The Kier molecular flexibility index (Phi) is 6.55. The van der Waals surface area contributed by atoms with Crippen LogP contribution < -0.4 is 15.4 Å². The van der Waals surface area contributed by atoms with Crippen LogP contribution in [0.5, 0.6) is 5.75 Å². The van der Waals surface area contributed by atoms with Gasteiger partial charge in [-0.2, -0.15) is 0 Å². The molecule has 0 saturated carbocycles. The number of amides is 1. The van der Waals surface area contributed by atoms with Gasteiger partial charge in [0.25, 0.3) is 0 Å². The third-order valence-electron chi connectivity index (χ3n) is 3.76. The Balaban J connectivity index is 1.50. The summed E-state index contributed by atoms with van der Waals surface area (Å²) in [5.41, 5.74) is 0.798. The second kappa shape index (κ2) is 8.89. The zero-order chi connectivity index (χ0) is 19.3. The van der Waals surface area contributed by atoms with Crippen LogP contribution in [0.4, 0.5) is 10.8 Å². The van der Waals surface area contributed by atoms with Gasteiger partial charge < -0.3 is 15.4 Å². The van der Waals surface area contributed by atoms with Gasteiger partial charge in [0.1, 0.15) is 5.75 Å². The van der Waals surface area contributed by atoms with Gasteiger partial charge >= 0.3 is 0 Å². The number of aromatic nitrogens is 2. The second-order valence-corrected chi connectivity index (χ2v) is 10.3.